The van der Waals surface area contributed by atoms with Gasteiger partial charge in [-0.3, -0.25) is 19.3 Å². The number of halogens is 1. The number of hydrogen-bond acceptors (Lipinski definition) is 3. The van der Waals surface area contributed by atoms with Crippen LogP contribution in [0.3, 0.4) is 0 Å². The Kier molecular flexibility index (Phi) is 5.00. The van der Waals surface area contributed by atoms with E-state index in [2.05, 4.69) is 5.32 Å². The summed E-state index contributed by atoms with van der Waals surface area (Å²) in [6.45, 7) is 0.260. The van der Waals surface area contributed by atoms with Gasteiger partial charge < -0.3 is 5.32 Å². The average molecular weight is 347 g/mol. The zero-order valence-electron chi connectivity index (χ0n) is 13.2. The highest BCUT2D eigenvalue weighted by Gasteiger charge is 2.47. The van der Waals surface area contributed by atoms with Gasteiger partial charge in [0.2, 0.25) is 17.7 Å². The largest absolute Gasteiger partial charge is 0.354 e. The molecule has 0 saturated carbocycles. The van der Waals surface area contributed by atoms with Gasteiger partial charge in [0.15, 0.2) is 0 Å². The maximum absolute atomic E-state index is 12.3. The average Bonchev–Trinajstić information content (AvgIpc) is 2.82. The highest BCUT2D eigenvalue weighted by atomic mass is 35.5. The van der Waals surface area contributed by atoms with Gasteiger partial charge in [-0.1, -0.05) is 35.9 Å². The topological polar surface area (TPSA) is 66.5 Å². The van der Waals surface area contributed by atoms with Gasteiger partial charge in [-0.25, -0.2) is 0 Å². The zero-order valence-corrected chi connectivity index (χ0v) is 14.0. The fourth-order valence-corrected chi connectivity index (χ4v) is 3.35. The molecule has 2 aliphatic rings. The quantitative estimate of drug-likeness (QED) is 0.654. The number of benzene rings is 1. The third-order valence-electron chi connectivity index (χ3n) is 4.55. The number of fused-ring (bicyclic) bond motifs is 1. The van der Waals surface area contributed by atoms with Crippen LogP contribution in [0.2, 0.25) is 5.02 Å². The van der Waals surface area contributed by atoms with Crippen LogP contribution in [0.1, 0.15) is 18.4 Å². The van der Waals surface area contributed by atoms with E-state index >= 15 is 0 Å². The molecule has 3 amide bonds. The number of amides is 3. The first-order valence-electron chi connectivity index (χ1n) is 8.07. The Morgan fingerprint density at radius 1 is 1.08 bits per heavy atom. The lowest BCUT2D eigenvalue weighted by atomic mass is 9.85. The maximum atomic E-state index is 12.3. The standard InChI is InChI=1S/C18H19ClN2O3/c19-13-7-5-12(6-8-13)9-10-20-16(22)11-21-17(23)14-3-1-2-4-15(14)18(21)24/h1-2,5-8,14-15H,3-4,9-11H2,(H,20,22)/t14-,15-/m0/s1. The van der Waals surface area contributed by atoms with E-state index in [0.29, 0.717) is 30.8 Å². The van der Waals surface area contributed by atoms with E-state index in [1.807, 2.05) is 24.3 Å². The number of nitrogens with one attached hydrogen (secondary N) is 1. The number of imide groups is 1. The Morgan fingerprint density at radius 2 is 1.67 bits per heavy atom. The first kappa shape index (κ1) is 16.7. The number of allylic oxidation sites excluding steroid dienone is 2. The molecule has 2 atom stereocenters. The van der Waals surface area contributed by atoms with Crippen molar-refractivity contribution in [2.24, 2.45) is 11.8 Å². The van der Waals surface area contributed by atoms with E-state index in [-0.39, 0.29) is 36.1 Å². The Hall–Kier alpha value is -2.14. The number of carbonyl (C=O) groups is 3. The number of hydrogen-bond donors (Lipinski definition) is 1. The molecule has 3 rings (SSSR count). The van der Waals surface area contributed by atoms with Crippen LogP contribution in [0.15, 0.2) is 36.4 Å². The van der Waals surface area contributed by atoms with Gasteiger partial charge in [0.25, 0.3) is 0 Å². The summed E-state index contributed by atoms with van der Waals surface area (Å²) < 4.78 is 0. The summed E-state index contributed by atoms with van der Waals surface area (Å²) in [4.78, 5) is 37.7. The molecule has 0 aromatic heterocycles. The molecule has 5 nitrogen and oxygen atoms in total. The molecule has 1 heterocycles. The van der Waals surface area contributed by atoms with Crippen LogP contribution in [0, 0.1) is 11.8 Å². The number of carbonyl (C=O) groups excluding carboxylic acids is 3. The number of rotatable bonds is 5. The Bertz CT molecular complexity index is 658. The minimum Gasteiger partial charge on any atom is -0.354 e. The molecule has 0 spiro atoms. The number of likely N-dealkylation sites (tertiary alicyclic amines) is 1. The second kappa shape index (κ2) is 7.18. The van der Waals surface area contributed by atoms with E-state index in [4.69, 9.17) is 11.6 Å². The molecule has 24 heavy (non-hydrogen) atoms. The number of nitrogens with zero attached hydrogens (tertiary/aromatic N) is 1. The van der Waals surface area contributed by atoms with Crippen molar-refractivity contribution in [2.75, 3.05) is 13.1 Å². The monoisotopic (exact) mass is 346 g/mol. The van der Waals surface area contributed by atoms with Crippen molar-refractivity contribution in [3.8, 4) is 0 Å². The van der Waals surface area contributed by atoms with E-state index < -0.39 is 0 Å². The van der Waals surface area contributed by atoms with E-state index in [0.717, 1.165) is 10.5 Å². The molecule has 1 saturated heterocycles. The third kappa shape index (κ3) is 3.51. The zero-order chi connectivity index (χ0) is 17.1. The van der Waals surface area contributed by atoms with Gasteiger partial charge in [0.05, 0.1) is 11.8 Å². The third-order valence-corrected chi connectivity index (χ3v) is 4.80. The first-order chi connectivity index (χ1) is 11.6. The molecule has 1 N–H and O–H groups in total. The summed E-state index contributed by atoms with van der Waals surface area (Å²) in [5.41, 5.74) is 1.06. The van der Waals surface area contributed by atoms with Gasteiger partial charge in [-0.05, 0) is 37.0 Å². The lowest BCUT2D eigenvalue weighted by Crippen LogP contribution is -2.41. The van der Waals surface area contributed by atoms with Gasteiger partial charge in [0.1, 0.15) is 6.54 Å². The second-order valence-corrected chi connectivity index (χ2v) is 6.58. The normalized spacial score (nSPS) is 22.6. The van der Waals surface area contributed by atoms with E-state index in [9.17, 15) is 14.4 Å². The van der Waals surface area contributed by atoms with Crippen molar-refractivity contribution >= 4 is 29.3 Å². The van der Waals surface area contributed by atoms with Crippen molar-refractivity contribution in [3.63, 3.8) is 0 Å². The fourth-order valence-electron chi connectivity index (χ4n) is 3.22. The van der Waals surface area contributed by atoms with Crippen molar-refractivity contribution in [1.29, 1.82) is 0 Å². The van der Waals surface area contributed by atoms with Crippen molar-refractivity contribution < 1.29 is 14.4 Å². The van der Waals surface area contributed by atoms with E-state index in [1.165, 1.54) is 0 Å². The van der Waals surface area contributed by atoms with Crippen LogP contribution in [-0.2, 0) is 20.8 Å². The smallest absolute Gasteiger partial charge is 0.240 e. The van der Waals surface area contributed by atoms with Gasteiger partial charge >= 0.3 is 0 Å². The molecule has 0 radical (unpaired) electrons. The van der Waals surface area contributed by atoms with Crippen molar-refractivity contribution in [2.45, 2.75) is 19.3 Å². The summed E-state index contributed by atoms with van der Waals surface area (Å²) in [7, 11) is 0. The van der Waals surface area contributed by atoms with Crippen LogP contribution in [0.5, 0.6) is 0 Å². The Morgan fingerprint density at radius 3 is 2.25 bits per heavy atom. The van der Waals surface area contributed by atoms with Crippen molar-refractivity contribution in [3.05, 3.63) is 47.0 Å². The molecular formula is C18H19ClN2O3. The summed E-state index contributed by atoms with van der Waals surface area (Å²) in [5, 5.41) is 3.43. The minimum absolute atomic E-state index is 0.189. The predicted molar refractivity (Wildman–Crippen MR) is 90.2 cm³/mol. The van der Waals surface area contributed by atoms with Crippen LogP contribution in [0.4, 0.5) is 0 Å². The molecule has 126 valence electrons. The summed E-state index contributed by atoms with van der Waals surface area (Å²) in [6.07, 6.45) is 5.71. The highest BCUT2D eigenvalue weighted by molar-refractivity contribution is 6.30. The maximum Gasteiger partial charge on any atom is 0.240 e. The highest BCUT2D eigenvalue weighted by Crippen LogP contribution is 2.34. The molecule has 6 heteroatoms. The molecule has 0 bridgehead atoms. The summed E-state index contributed by atoms with van der Waals surface area (Å²) in [5.74, 6) is -1.32. The van der Waals surface area contributed by atoms with Crippen molar-refractivity contribution in [1.82, 2.24) is 10.2 Å². The van der Waals surface area contributed by atoms with Gasteiger partial charge in [-0.2, -0.15) is 0 Å². The lowest BCUT2D eigenvalue weighted by Gasteiger charge is -2.14. The minimum atomic E-state index is -0.308. The molecule has 1 aromatic carbocycles. The molecule has 1 aliphatic carbocycles. The summed E-state index contributed by atoms with van der Waals surface area (Å²) >= 11 is 5.83. The van der Waals surface area contributed by atoms with E-state index in [1.54, 1.807) is 12.1 Å². The lowest BCUT2D eigenvalue weighted by molar-refractivity contribution is -0.143. The Labute approximate surface area is 145 Å². The second-order valence-electron chi connectivity index (χ2n) is 6.14. The molecule has 0 unspecified atom stereocenters. The molecule has 1 fully saturated rings. The SMILES string of the molecule is O=C(CN1C(=O)[C@H]2CC=CC[C@@H]2C1=O)NCCc1ccc(Cl)cc1. The predicted octanol–water partition coefficient (Wildman–Crippen LogP) is 1.95. The van der Waals surface area contributed by atoms with Gasteiger partial charge in [-0.15, -0.1) is 0 Å². The Balaban J connectivity index is 1.49. The summed E-state index contributed by atoms with van der Waals surface area (Å²) in [6, 6.07) is 7.41. The van der Waals surface area contributed by atoms with Crippen LogP contribution < -0.4 is 5.32 Å². The molecule has 1 aliphatic heterocycles. The van der Waals surface area contributed by atoms with Crippen LogP contribution in [-0.4, -0.2) is 35.7 Å². The van der Waals surface area contributed by atoms with Crippen LogP contribution >= 0.6 is 11.6 Å². The molecular weight excluding hydrogens is 328 g/mol. The first-order valence-corrected chi connectivity index (χ1v) is 8.45. The fraction of sp³-hybridized carbons (Fsp3) is 0.389. The molecule has 1 aromatic rings. The van der Waals surface area contributed by atoms with Gasteiger partial charge in [0, 0.05) is 11.6 Å². The van der Waals surface area contributed by atoms with Crippen LogP contribution in [0.25, 0.3) is 0 Å².